The fourth-order valence-electron chi connectivity index (χ4n) is 3.21. The van der Waals surface area contributed by atoms with E-state index in [-0.39, 0.29) is 12.1 Å². The van der Waals surface area contributed by atoms with Gasteiger partial charge in [-0.2, -0.15) is 0 Å². The first kappa shape index (κ1) is 17.9. The van der Waals surface area contributed by atoms with Gasteiger partial charge in [0.2, 0.25) is 0 Å². The van der Waals surface area contributed by atoms with E-state index in [9.17, 15) is 30.6 Å². The summed E-state index contributed by atoms with van der Waals surface area (Å²) in [6.07, 6.45) is -11.1. The summed E-state index contributed by atoms with van der Waals surface area (Å²) in [6, 6.07) is 0. The fourth-order valence-corrected chi connectivity index (χ4v) is 3.21. The molecular weight excluding hydrogens is 330 g/mol. The van der Waals surface area contributed by atoms with E-state index in [1.165, 1.54) is 0 Å². The maximum Gasteiger partial charge on any atom is 0.271 e. The number of nitrogens with zero attached hydrogens (tertiary/aromatic N) is 1. The van der Waals surface area contributed by atoms with E-state index >= 15 is 0 Å². The zero-order chi connectivity index (χ0) is 17.6. The lowest BCUT2D eigenvalue weighted by atomic mass is 9.88. The highest BCUT2D eigenvalue weighted by molar-refractivity contribution is 5.91. The van der Waals surface area contributed by atoms with Gasteiger partial charge < -0.3 is 50.1 Å². The first-order valence-corrected chi connectivity index (χ1v) is 7.55. The Balaban J connectivity index is 1.76. The van der Waals surface area contributed by atoms with Crippen molar-refractivity contribution in [3.05, 3.63) is 0 Å². The van der Waals surface area contributed by atoms with Crippen molar-refractivity contribution < 1.29 is 50.1 Å². The number of hydrogen-bond acceptors (Lipinski definition) is 11. The quantitative estimate of drug-likeness (QED) is 0.261. The lowest BCUT2D eigenvalue weighted by Crippen LogP contribution is -2.65. The Hall–Kier alpha value is -0.890. The topological polar surface area (TPSA) is 182 Å². The SMILES string of the molecule is OC[C@@H]1O[C@H](C2=NO[C@@]3(C2)O[C@H](CO)[C@H](O)[C@H](O)[C@H]3O)[C@H](O)[C@@H]1O. The molecule has 3 rings (SSSR count). The molecule has 0 radical (unpaired) electrons. The number of aliphatic hydroxyl groups excluding tert-OH is 7. The van der Waals surface area contributed by atoms with Gasteiger partial charge in [-0.3, -0.25) is 0 Å². The van der Waals surface area contributed by atoms with Gasteiger partial charge in [0.15, 0.2) is 6.10 Å². The zero-order valence-corrected chi connectivity index (χ0v) is 12.5. The monoisotopic (exact) mass is 351 g/mol. The Morgan fingerprint density at radius 1 is 0.917 bits per heavy atom. The molecule has 0 bridgehead atoms. The molecule has 2 fully saturated rings. The van der Waals surface area contributed by atoms with Crippen LogP contribution in [0.3, 0.4) is 0 Å². The number of rotatable bonds is 3. The number of oxime groups is 1. The molecule has 2 saturated heterocycles. The third-order valence-electron chi connectivity index (χ3n) is 4.65. The van der Waals surface area contributed by atoms with E-state index in [1.807, 2.05) is 0 Å². The molecule has 11 nitrogen and oxygen atoms in total. The van der Waals surface area contributed by atoms with E-state index < -0.39 is 67.8 Å². The Kier molecular flexibility index (Phi) is 4.81. The van der Waals surface area contributed by atoms with Crippen LogP contribution in [0.15, 0.2) is 5.16 Å². The molecule has 0 aromatic heterocycles. The molecule has 138 valence electrons. The van der Waals surface area contributed by atoms with Crippen LogP contribution in [-0.4, -0.2) is 109 Å². The van der Waals surface area contributed by atoms with Crippen molar-refractivity contribution in [3.8, 4) is 0 Å². The van der Waals surface area contributed by atoms with E-state index in [1.54, 1.807) is 0 Å². The summed E-state index contributed by atoms with van der Waals surface area (Å²) in [5.41, 5.74) is 0.0943. The smallest absolute Gasteiger partial charge is 0.271 e. The lowest BCUT2D eigenvalue weighted by molar-refractivity contribution is -0.355. The Morgan fingerprint density at radius 2 is 1.54 bits per heavy atom. The molecule has 0 aromatic rings. The number of aliphatic hydroxyl groups is 7. The van der Waals surface area contributed by atoms with Gasteiger partial charge in [0, 0.05) is 0 Å². The molecule has 0 unspecified atom stereocenters. The molecule has 1 spiro atoms. The van der Waals surface area contributed by atoms with Crippen molar-refractivity contribution in [1.82, 2.24) is 0 Å². The molecule has 0 aliphatic carbocycles. The molecule has 3 heterocycles. The minimum atomic E-state index is -1.85. The van der Waals surface area contributed by atoms with Gasteiger partial charge in [-0.25, -0.2) is 0 Å². The van der Waals surface area contributed by atoms with Crippen molar-refractivity contribution in [3.63, 3.8) is 0 Å². The highest BCUT2D eigenvalue weighted by Gasteiger charge is 2.60. The minimum Gasteiger partial charge on any atom is -0.394 e. The van der Waals surface area contributed by atoms with Gasteiger partial charge in [0.1, 0.15) is 42.7 Å². The summed E-state index contributed by atoms with van der Waals surface area (Å²) >= 11 is 0. The molecule has 7 N–H and O–H groups in total. The zero-order valence-electron chi connectivity index (χ0n) is 12.5. The average molecular weight is 351 g/mol. The molecule has 3 aliphatic heterocycles. The number of hydrogen-bond donors (Lipinski definition) is 7. The van der Waals surface area contributed by atoms with Crippen LogP contribution in [0, 0.1) is 0 Å². The van der Waals surface area contributed by atoms with Gasteiger partial charge in [-0.05, 0) is 0 Å². The van der Waals surface area contributed by atoms with Crippen LogP contribution < -0.4 is 0 Å². The number of ether oxygens (including phenoxy) is 2. The van der Waals surface area contributed by atoms with Gasteiger partial charge in [0.25, 0.3) is 5.79 Å². The minimum absolute atomic E-state index is 0.0943. The predicted molar refractivity (Wildman–Crippen MR) is 73.6 cm³/mol. The molecule has 9 atom stereocenters. The van der Waals surface area contributed by atoms with Gasteiger partial charge in [-0.15, -0.1) is 0 Å². The molecule has 11 heteroatoms. The second-order valence-corrected chi connectivity index (χ2v) is 6.19. The Labute approximate surface area is 136 Å². The normalized spacial score (nSPS) is 51.7. The van der Waals surface area contributed by atoms with Crippen LogP contribution in [0.25, 0.3) is 0 Å². The van der Waals surface area contributed by atoms with Crippen molar-refractivity contribution >= 4 is 5.71 Å². The summed E-state index contributed by atoms with van der Waals surface area (Å²) in [5, 5.41) is 71.7. The summed E-state index contributed by atoms with van der Waals surface area (Å²) in [5.74, 6) is -1.85. The molecule has 3 aliphatic rings. The third kappa shape index (κ3) is 2.62. The van der Waals surface area contributed by atoms with E-state index in [0.717, 1.165) is 0 Å². The first-order chi connectivity index (χ1) is 11.3. The Bertz CT molecular complexity index is 501. The van der Waals surface area contributed by atoms with Crippen LogP contribution in [-0.2, 0) is 14.3 Å². The van der Waals surface area contributed by atoms with Gasteiger partial charge in [0.05, 0.1) is 25.3 Å². The highest BCUT2D eigenvalue weighted by Crippen LogP contribution is 2.39. The largest absolute Gasteiger partial charge is 0.394 e. The maximum absolute atomic E-state index is 10.2. The first-order valence-electron chi connectivity index (χ1n) is 7.55. The molecule has 0 aromatic carbocycles. The average Bonchev–Trinajstić information content (AvgIpc) is 3.12. The summed E-state index contributed by atoms with van der Waals surface area (Å²) in [4.78, 5) is 5.12. The van der Waals surface area contributed by atoms with Crippen LogP contribution in [0.2, 0.25) is 0 Å². The van der Waals surface area contributed by atoms with Gasteiger partial charge >= 0.3 is 0 Å². The van der Waals surface area contributed by atoms with Crippen molar-refractivity contribution in [2.45, 2.75) is 61.0 Å². The van der Waals surface area contributed by atoms with Crippen molar-refractivity contribution in [2.75, 3.05) is 13.2 Å². The van der Waals surface area contributed by atoms with Crippen LogP contribution in [0.5, 0.6) is 0 Å². The van der Waals surface area contributed by atoms with Crippen molar-refractivity contribution in [1.29, 1.82) is 0 Å². The lowest BCUT2D eigenvalue weighted by Gasteiger charge is -2.44. The summed E-state index contributed by atoms with van der Waals surface area (Å²) in [6.45, 7) is -1.14. The highest BCUT2D eigenvalue weighted by atomic mass is 16.8. The van der Waals surface area contributed by atoms with Crippen LogP contribution in [0.1, 0.15) is 6.42 Å². The standard InChI is InChI=1S/C13H21NO10/c15-2-5-7(17)9(19)11(22-5)4-1-13(24-14-4)12(21)10(20)8(18)6(3-16)23-13/h5-12,15-21H,1-3H2/t5-,6+,7+,8-,9+,10-,11+,12+,13+/m0/s1. The van der Waals surface area contributed by atoms with E-state index in [2.05, 4.69) is 5.16 Å². The predicted octanol–water partition coefficient (Wildman–Crippen LogP) is -4.59. The van der Waals surface area contributed by atoms with Crippen molar-refractivity contribution in [2.24, 2.45) is 5.16 Å². The molecule has 0 amide bonds. The fraction of sp³-hybridized carbons (Fsp3) is 0.923. The third-order valence-corrected chi connectivity index (χ3v) is 4.65. The molecular formula is C13H21NO10. The van der Waals surface area contributed by atoms with Crippen LogP contribution in [0.4, 0.5) is 0 Å². The second-order valence-electron chi connectivity index (χ2n) is 6.19. The van der Waals surface area contributed by atoms with Crippen LogP contribution >= 0.6 is 0 Å². The molecule has 0 saturated carbocycles. The van der Waals surface area contributed by atoms with E-state index in [4.69, 9.17) is 19.4 Å². The van der Waals surface area contributed by atoms with E-state index in [0.29, 0.717) is 0 Å². The van der Waals surface area contributed by atoms with Gasteiger partial charge in [-0.1, -0.05) is 5.16 Å². The molecule has 24 heavy (non-hydrogen) atoms. The maximum atomic E-state index is 10.2. The second kappa shape index (κ2) is 6.44. The summed E-state index contributed by atoms with van der Waals surface area (Å²) < 4.78 is 10.7. The summed E-state index contributed by atoms with van der Waals surface area (Å²) in [7, 11) is 0. The Morgan fingerprint density at radius 3 is 2.12 bits per heavy atom.